The van der Waals surface area contributed by atoms with Gasteiger partial charge >= 0.3 is 5.97 Å². The third-order valence-electron chi connectivity index (χ3n) is 6.05. The Labute approximate surface area is 269 Å². The van der Waals surface area contributed by atoms with Crippen LogP contribution in [0.4, 0.5) is 0 Å². The Bertz CT molecular complexity index is 780. The van der Waals surface area contributed by atoms with Crippen molar-refractivity contribution < 1.29 is 57.0 Å². The van der Waals surface area contributed by atoms with Crippen LogP contribution in [-0.4, -0.2) is 137 Å². The van der Waals surface area contributed by atoms with Crippen molar-refractivity contribution in [2.75, 3.05) is 126 Å². The second kappa shape index (κ2) is 33.4. The van der Waals surface area contributed by atoms with Crippen molar-refractivity contribution in [2.24, 2.45) is 0 Å². The van der Waals surface area contributed by atoms with E-state index in [2.05, 4.69) is 6.92 Å². The number of carbonyl (C=O) groups is 2. The van der Waals surface area contributed by atoms with Gasteiger partial charge in [-0.2, -0.15) is 0 Å². The van der Waals surface area contributed by atoms with Gasteiger partial charge in [-0.25, -0.2) is 4.79 Å². The van der Waals surface area contributed by atoms with E-state index in [4.69, 9.17) is 47.4 Å². The van der Waals surface area contributed by atoms with Crippen LogP contribution in [0, 0.1) is 0 Å². The maximum atomic E-state index is 11.9. The lowest BCUT2D eigenvalue weighted by Gasteiger charge is -2.09. The molecule has 12 heteroatoms. The van der Waals surface area contributed by atoms with E-state index < -0.39 is 11.8 Å². The third kappa shape index (κ3) is 28.0. The first-order valence-corrected chi connectivity index (χ1v) is 16.2. The quantitative estimate of drug-likeness (QED) is 0.0464. The Balaban J connectivity index is 1.67. The average Bonchev–Trinajstić information content (AvgIpc) is 3.06. The molecule has 1 aromatic rings. The van der Waals surface area contributed by atoms with Gasteiger partial charge in [-0.3, -0.25) is 4.79 Å². The van der Waals surface area contributed by atoms with Crippen LogP contribution in [0.5, 0.6) is 0 Å². The first-order valence-electron chi connectivity index (χ1n) is 16.2. The highest BCUT2D eigenvalue weighted by Gasteiger charge is 2.17. The van der Waals surface area contributed by atoms with Crippen molar-refractivity contribution in [1.29, 1.82) is 0 Å². The maximum absolute atomic E-state index is 11.9. The number of unbranched alkanes of at least 4 members (excludes halogenated alkanes) is 4. The highest BCUT2D eigenvalue weighted by Crippen LogP contribution is 2.02. The van der Waals surface area contributed by atoms with Gasteiger partial charge < -0.3 is 47.4 Å². The van der Waals surface area contributed by atoms with Crippen LogP contribution in [0.15, 0.2) is 30.3 Å². The topological polar surface area (TPSA) is 126 Å². The van der Waals surface area contributed by atoms with E-state index in [9.17, 15) is 9.59 Å². The standard InChI is InChI=1S/C33H56O12/c1-2-3-4-5-9-12-36-13-14-37-15-16-38-17-18-39-19-20-40-21-22-41-23-24-42-25-26-43-27-28-44-29-30-45-33(35)32(34)31-10-7-6-8-11-31/h6-8,10-11H,2-5,9,12-30H2,1H3. The van der Waals surface area contributed by atoms with Gasteiger partial charge in [-0.05, 0) is 6.42 Å². The molecule has 1 aromatic carbocycles. The van der Waals surface area contributed by atoms with Gasteiger partial charge in [0.2, 0.25) is 0 Å². The second-order valence-electron chi connectivity index (χ2n) is 9.76. The molecule has 0 atom stereocenters. The zero-order valence-corrected chi connectivity index (χ0v) is 27.3. The number of esters is 1. The molecular formula is C33H56O12. The molecule has 0 aliphatic carbocycles. The summed E-state index contributed by atoms with van der Waals surface area (Å²) >= 11 is 0. The number of carbonyl (C=O) groups excluding carboxylic acids is 2. The van der Waals surface area contributed by atoms with Gasteiger partial charge in [-0.15, -0.1) is 0 Å². The number of rotatable bonds is 35. The predicted octanol–water partition coefficient (Wildman–Crippen LogP) is 3.53. The Morgan fingerprint density at radius 1 is 0.422 bits per heavy atom. The molecule has 0 N–H and O–H groups in total. The van der Waals surface area contributed by atoms with Crippen LogP contribution in [0.2, 0.25) is 0 Å². The zero-order chi connectivity index (χ0) is 32.3. The Morgan fingerprint density at radius 3 is 1.13 bits per heavy atom. The molecule has 0 saturated heterocycles. The molecule has 0 saturated carbocycles. The summed E-state index contributed by atoms with van der Waals surface area (Å²) in [4.78, 5) is 23.6. The summed E-state index contributed by atoms with van der Waals surface area (Å²) in [6, 6.07) is 8.27. The van der Waals surface area contributed by atoms with Gasteiger partial charge in [0.15, 0.2) is 0 Å². The van der Waals surface area contributed by atoms with Crippen LogP contribution >= 0.6 is 0 Å². The van der Waals surface area contributed by atoms with E-state index >= 15 is 0 Å². The van der Waals surface area contributed by atoms with Crippen molar-refractivity contribution in [3.63, 3.8) is 0 Å². The van der Waals surface area contributed by atoms with Crippen molar-refractivity contribution >= 4 is 11.8 Å². The first kappa shape index (κ1) is 41.0. The molecule has 0 heterocycles. The molecule has 0 fully saturated rings. The van der Waals surface area contributed by atoms with Crippen LogP contribution in [0.3, 0.4) is 0 Å². The number of Topliss-reactive ketones (excluding diaryl/α,β-unsaturated/α-hetero) is 1. The van der Waals surface area contributed by atoms with Crippen LogP contribution in [0.25, 0.3) is 0 Å². The fourth-order valence-electron chi connectivity index (χ4n) is 3.64. The predicted molar refractivity (Wildman–Crippen MR) is 168 cm³/mol. The largest absolute Gasteiger partial charge is 0.457 e. The lowest BCUT2D eigenvalue weighted by Crippen LogP contribution is -2.20. The van der Waals surface area contributed by atoms with E-state index in [1.54, 1.807) is 30.3 Å². The summed E-state index contributed by atoms with van der Waals surface area (Å²) < 4.78 is 54.0. The summed E-state index contributed by atoms with van der Waals surface area (Å²) in [5.74, 6) is -1.57. The molecule has 0 aromatic heterocycles. The SMILES string of the molecule is CCCCCCCOCCOCCOCCOCCOCCOCCOCCOCCOCCOC(=O)C(=O)c1ccccc1. The minimum Gasteiger partial charge on any atom is -0.457 e. The minimum absolute atomic E-state index is 0.00205. The highest BCUT2D eigenvalue weighted by molar-refractivity contribution is 6.40. The van der Waals surface area contributed by atoms with Crippen molar-refractivity contribution in [1.82, 2.24) is 0 Å². The average molecular weight is 645 g/mol. The molecule has 0 radical (unpaired) electrons. The molecule has 0 unspecified atom stereocenters. The lowest BCUT2D eigenvalue weighted by molar-refractivity contribution is -0.139. The van der Waals surface area contributed by atoms with Crippen LogP contribution in [0.1, 0.15) is 49.4 Å². The number of hydrogen-bond acceptors (Lipinski definition) is 12. The first-order chi connectivity index (χ1) is 22.3. The smallest absolute Gasteiger partial charge is 0.379 e. The molecule has 12 nitrogen and oxygen atoms in total. The summed E-state index contributed by atoms with van der Waals surface area (Å²) in [7, 11) is 0. The molecule has 45 heavy (non-hydrogen) atoms. The number of ketones is 1. The molecule has 0 bridgehead atoms. The van der Waals surface area contributed by atoms with E-state index in [-0.39, 0.29) is 13.2 Å². The molecule has 0 aliphatic rings. The summed E-state index contributed by atoms with van der Waals surface area (Å²) in [5, 5.41) is 0. The molecule has 0 spiro atoms. The van der Waals surface area contributed by atoms with Gasteiger partial charge in [0.1, 0.15) is 6.61 Å². The summed E-state index contributed by atoms with van der Waals surface area (Å²) in [6.07, 6.45) is 6.24. The summed E-state index contributed by atoms with van der Waals surface area (Å²) in [6.45, 7) is 11.1. The molecule has 0 amide bonds. The Morgan fingerprint density at radius 2 is 0.756 bits per heavy atom. The van der Waals surface area contributed by atoms with Gasteiger partial charge in [-0.1, -0.05) is 62.9 Å². The van der Waals surface area contributed by atoms with Crippen LogP contribution in [-0.2, 0) is 52.2 Å². The fourth-order valence-corrected chi connectivity index (χ4v) is 3.64. The van der Waals surface area contributed by atoms with E-state index in [0.29, 0.717) is 111 Å². The van der Waals surface area contributed by atoms with Crippen molar-refractivity contribution in [2.45, 2.75) is 39.0 Å². The second-order valence-corrected chi connectivity index (χ2v) is 9.76. The molecule has 1 rings (SSSR count). The van der Waals surface area contributed by atoms with Crippen molar-refractivity contribution in [3.05, 3.63) is 35.9 Å². The number of hydrogen-bond donors (Lipinski definition) is 0. The van der Waals surface area contributed by atoms with Crippen molar-refractivity contribution in [3.8, 4) is 0 Å². The van der Waals surface area contributed by atoms with E-state index in [1.807, 2.05) is 0 Å². The molecule has 260 valence electrons. The third-order valence-corrected chi connectivity index (χ3v) is 6.05. The van der Waals surface area contributed by atoms with E-state index in [1.165, 1.54) is 25.7 Å². The van der Waals surface area contributed by atoms with Crippen LogP contribution < -0.4 is 0 Å². The monoisotopic (exact) mass is 644 g/mol. The molecular weight excluding hydrogens is 588 g/mol. The summed E-state index contributed by atoms with van der Waals surface area (Å²) in [5.41, 5.74) is 0.299. The number of ether oxygens (including phenoxy) is 10. The lowest BCUT2D eigenvalue weighted by atomic mass is 10.1. The normalized spacial score (nSPS) is 11.2. The van der Waals surface area contributed by atoms with Gasteiger partial charge in [0, 0.05) is 12.2 Å². The zero-order valence-electron chi connectivity index (χ0n) is 27.3. The van der Waals surface area contributed by atoms with Gasteiger partial charge in [0.25, 0.3) is 5.78 Å². The van der Waals surface area contributed by atoms with Gasteiger partial charge in [0.05, 0.1) is 112 Å². The Hall–Kier alpha value is -2.00. The Kier molecular flexibility index (Phi) is 30.4. The highest BCUT2D eigenvalue weighted by atomic mass is 16.6. The fraction of sp³-hybridized carbons (Fsp3) is 0.758. The van der Waals surface area contributed by atoms with E-state index in [0.717, 1.165) is 13.0 Å². The molecule has 0 aliphatic heterocycles. The number of benzene rings is 1. The minimum atomic E-state index is -0.893. The maximum Gasteiger partial charge on any atom is 0.379 e.